The molecule has 0 aromatic heterocycles. The molecule has 1 unspecified atom stereocenters. The highest BCUT2D eigenvalue weighted by Gasteiger charge is 2.46. The van der Waals surface area contributed by atoms with E-state index in [0.717, 1.165) is 49.9 Å². The molecule has 0 saturated carbocycles. The van der Waals surface area contributed by atoms with Gasteiger partial charge in [0.15, 0.2) is 0 Å². The molecule has 0 saturated heterocycles. The maximum atomic E-state index is 11.5. The Morgan fingerprint density at radius 2 is 1.08 bits per heavy atom. The van der Waals surface area contributed by atoms with Crippen LogP contribution >= 0.6 is 0 Å². The lowest BCUT2D eigenvalue weighted by atomic mass is 9.63. The summed E-state index contributed by atoms with van der Waals surface area (Å²) in [6, 6.07) is 48.2. The zero-order valence-electron chi connectivity index (χ0n) is 34.1. The number of nitrogens with zero attached hydrogens (tertiary/aromatic N) is 2. The van der Waals surface area contributed by atoms with Gasteiger partial charge in [-0.15, -0.1) is 0 Å². The first-order valence-corrected chi connectivity index (χ1v) is 21.6. The molecule has 0 amide bonds. The van der Waals surface area contributed by atoms with Crippen molar-refractivity contribution in [3.63, 3.8) is 0 Å². The number of aliphatic imine (C=N–C) groups is 2. The first-order chi connectivity index (χ1) is 31.0. The van der Waals surface area contributed by atoms with E-state index in [1.165, 1.54) is 49.2 Å². The standard InChI is InChI=1S/C59H38N2O2/c62-53-28-25-43(31-51(53)60-33-41-23-22-39-21-19-35-8-5-9-37-24-27-46(41)58(39)55(35)37)59(49-16-3-1-13-47(49)48-14-2-4-17-50(48)59)44-26-29-54(63)52(32-44)61-34-42-30-40-12-6-10-36-18-20-38-11-7-15-45(42)57(38)56(36)40/h1-34,56-57,62-63H/t56-,57?/m0/s1. The molecule has 0 heterocycles. The minimum absolute atomic E-state index is 0.0930. The van der Waals surface area contributed by atoms with Crippen LogP contribution in [-0.2, 0) is 5.41 Å². The summed E-state index contributed by atoms with van der Waals surface area (Å²) in [6.45, 7) is 0. The van der Waals surface area contributed by atoms with Crippen LogP contribution in [0.5, 0.6) is 11.5 Å². The second-order valence-electron chi connectivity index (χ2n) is 17.2. The molecule has 8 aromatic carbocycles. The van der Waals surface area contributed by atoms with Gasteiger partial charge in [0.25, 0.3) is 0 Å². The normalized spacial score (nSPS) is 19.0. The molecular weight excluding hydrogens is 769 g/mol. The second-order valence-corrected chi connectivity index (χ2v) is 17.2. The smallest absolute Gasteiger partial charge is 0.141 e. The Morgan fingerprint density at radius 1 is 0.492 bits per heavy atom. The number of benzene rings is 8. The summed E-state index contributed by atoms with van der Waals surface area (Å²) in [7, 11) is 0. The Bertz CT molecular complexity index is 3540. The fourth-order valence-corrected chi connectivity index (χ4v) is 11.3. The van der Waals surface area contributed by atoms with Crippen LogP contribution in [0, 0.1) is 11.8 Å². The Balaban J connectivity index is 0.957. The van der Waals surface area contributed by atoms with Gasteiger partial charge in [-0.05, 0) is 124 Å². The summed E-state index contributed by atoms with van der Waals surface area (Å²) in [5.74, 6) is 0.717. The number of rotatable bonds is 6. The van der Waals surface area contributed by atoms with Crippen molar-refractivity contribution in [1.29, 1.82) is 0 Å². The number of phenolic OH excluding ortho intramolecular Hbond substituents is 2. The Morgan fingerprint density at radius 3 is 1.78 bits per heavy atom. The van der Waals surface area contributed by atoms with Crippen molar-refractivity contribution in [1.82, 2.24) is 0 Å². The number of aromatic hydroxyl groups is 2. The van der Waals surface area contributed by atoms with Crippen molar-refractivity contribution >= 4 is 56.1 Å². The lowest BCUT2D eigenvalue weighted by Crippen LogP contribution is -2.30. The van der Waals surface area contributed by atoms with E-state index in [0.29, 0.717) is 17.3 Å². The van der Waals surface area contributed by atoms with Crippen molar-refractivity contribution in [3.8, 4) is 22.6 Å². The molecule has 4 heteroatoms. The zero-order chi connectivity index (χ0) is 41.8. The quantitative estimate of drug-likeness (QED) is 0.130. The highest BCUT2D eigenvalue weighted by atomic mass is 16.3. The van der Waals surface area contributed by atoms with Gasteiger partial charge in [0.2, 0.25) is 0 Å². The molecular formula is C59H38N2O2. The Hall–Kier alpha value is -8.08. The predicted molar refractivity (Wildman–Crippen MR) is 258 cm³/mol. The third-order valence-corrected chi connectivity index (χ3v) is 14.0. The van der Waals surface area contributed by atoms with Gasteiger partial charge in [-0.25, -0.2) is 0 Å². The average molecular weight is 807 g/mol. The fraction of sp³-hybridized carbons (Fsp3) is 0.0508. The molecule has 0 spiro atoms. The molecule has 5 aliphatic rings. The Labute approximate surface area is 364 Å². The molecule has 296 valence electrons. The van der Waals surface area contributed by atoms with Crippen LogP contribution in [0.4, 0.5) is 11.4 Å². The summed E-state index contributed by atoms with van der Waals surface area (Å²) < 4.78 is 0. The molecule has 0 aliphatic heterocycles. The lowest BCUT2D eigenvalue weighted by Gasteiger charge is -2.40. The van der Waals surface area contributed by atoms with Gasteiger partial charge in [-0.1, -0.05) is 164 Å². The maximum Gasteiger partial charge on any atom is 0.141 e. The SMILES string of the molecule is Oc1ccc(C2(c3ccc(O)c(N=Cc4ccc5ccc6cccc7ccc4c5c67)c3)c3ccccc3-c3ccccc32)cc1N=CC1=CC2=CC=CC3=CC=C4C=CC=C1C4[C@@H]32. The van der Waals surface area contributed by atoms with Gasteiger partial charge in [0, 0.05) is 29.8 Å². The number of hydrogen-bond donors (Lipinski definition) is 2. The molecule has 0 fully saturated rings. The highest BCUT2D eigenvalue weighted by Crippen LogP contribution is 2.58. The summed E-state index contributed by atoms with van der Waals surface area (Å²) in [5.41, 5.74) is 13.7. The largest absolute Gasteiger partial charge is 0.506 e. The molecule has 13 rings (SSSR count). The highest BCUT2D eigenvalue weighted by molar-refractivity contribution is 6.25. The van der Waals surface area contributed by atoms with Gasteiger partial charge in [0.1, 0.15) is 22.9 Å². The monoisotopic (exact) mass is 806 g/mol. The Kier molecular flexibility index (Phi) is 7.62. The first-order valence-electron chi connectivity index (χ1n) is 21.6. The van der Waals surface area contributed by atoms with Crippen LogP contribution < -0.4 is 0 Å². The number of phenols is 2. The van der Waals surface area contributed by atoms with Gasteiger partial charge < -0.3 is 10.2 Å². The van der Waals surface area contributed by atoms with Crippen molar-refractivity contribution in [2.24, 2.45) is 21.8 Å². The zero-order valence-corrected chi connectivity index (χ0v) is 34.1. The summed E-state index contributed by atoms with van der Waals surface area (Å²) in [6.07, 6.45) is 23.7. The maximum absolute atomic E-state index is 11.5. The van der Waals surface area contributed by atoms with Crippen LogP contribution in [0.2, 0.25) is 0 Å². The molecule has 63 heavy (non-hydrogen) atoms. The molecule has 0 radical (unpaired) electrons. The topological polar surface area (TPSA) is 65.2 Å². The predicted octanol–water partition coefficient (Wildman–Crippen LogP) is 13.8. The van der Waals surface area contributed by atoms with E-state index in [-0.39, 0.29) is 17.4 Å². The van der Waals surface area contributed by atoms with Crippen LogP contribution in [0.3, 0.4) is 0 Å². The fourth-order valence-electron chi connectivity index (χ4n) is 11.3. The van der Waals surface area contributed by atoms with E-state index in [2.05, 4.69) is 158 Å². The molecule has 4 nitrogen and oxygen atoms in total. The average Bonchev–Trinajstić information content (AvgIpc) is 3.63. The summed E-state index contributed by atoms with van der Waals surface area (Å²) >= 11 is 0. The molecule has 2 atom stereocenters. The molecule has 2 N–H and O–H groups in total. The van der Waals surface area contributed by atoms with Crippen LogP contribution in [-0.4, -0.2) is 22.6 Å². The van der Waals surface area contributed by atoms with Crippen molar-refractivity contribution in [2.75, 3.05) is 0 Å². The third kappa shape index (κ3) is 5.15. The number of fused-ring (bicyclic) bond motifs is 3. The first kappa shape index (κ1) is 35.7. The van der Waals surface area contributed by atoms with Gasteiger partial charge in [-0.2, -0.15) is 0 Å². The van der Waals surface area contributed by atoms with E-state index >= 15 is 0 Å². The van der Waals surface area contributed by atoms with Crippen molar-refractivity contribution in [2.45, 2.75) is 5.41 Å². The summed E-state index contributed by atoms with van der Waals surface area (Å²) in [5, 5.41) is 30.2. The van der Waals surface area contributed by atoms with E-state index in [1.807, 2.05) is 36.7 Å². The van der Waals surface area contributed by atoms with Gasteiger partial charge in [0.05, 0.1) is 5.41 Å². The van der Waals surface area contributed by atoms with Crippen LogP contribution in [0.25, 0.3) is 43.4 Å². The second kappa shape index (κ2) is 13.5. The van der Waals surface area contributed by atoms with E-state index in [1.54, 1.807) is 12.1 Å². The van der Waals surface area contributed by atoms with Crippen molar-refractivity contribution in [3.05, 3.63) is 250 Å². The van der Waals surface area contributed by atoms with E-state index < -0.39 is 5.41 Å². The lowest BCUT2D eigenvalue weighted by molar-refractivity contribution is 0.476. The summed E-state index contributed by atoms with van der Waals surface area (Å²) in [4.78, 5) is 10.1. The van der Waals surface area contributed by atoms with Crippen molar-refractivity contribution < 1.29 is 10.2 Å². The number of allylic oxidation sites excluding steroid dienone is 14. The molecule has 5 aliphatic carbocycles. The minimum atomic E-state index is -0.825. The molecule has 0 bridgehead atoms. The van der Waals surface area contributed by atoms with Gasteiger partial charge >= 0.3 is 0 Å². The van der Waals surface area contributed by atoms with Crippen LogP contribution in [0.1, 0.15) is 27.8 Å². The van der Waals surface area contributed by atoms with Crippen LogP contribution in [0.15, 0.2) is 232 Å². The molecule has 8 aromatic rings. The third-order valence-electron chi connectivity index (χ3n) is 14.0. The van der Waals surface area contributed by atoms with E-state index in [4.69, 9.17) is 9.98 Å². The van der Waals surface area contributed by atoms with Gasteiger partial charge in [-0.3, -0.25) is 9.98 Å². The van der Waals surface area contributed by atoms with E-state index in [9.17, 15) is 10.2 Å². The number of hydrogen-bond acceptors (Lipinski definition) is 4. The minimum Gasteiger partial charge on any atom is -0.506 e.